The van der Waals surface area contributed by atoms with Crippen LogP contribution in [0, 0.1) is 11.6 Å². The number of rotatable bonds is 1. The Morgan fingerprint density at radius 3 is 2.50 bits per heavy atom. The lowest BCUT2D eigenvalue weighted by molar-refractivity contribution is 0.0754. The SMILES string of the molecule is CC1(C)CCN(C(=O)c2c(F)cc(Br)cc2F)CCS1. The zero-order valence-electron chi connectivity index (χ0n) is 11.4. The average molecular weight is 364 g/mol. The first-order chi connectivity index (χ1) is 9.30. The van der Waals surface area contributed by atoms with Gasteiger partial charge in [-0.3, -0.25) is 4.79 Å². The van der Waals surface area contributed by atoms with E-state index in [1.165, 1.54) is 4.90 Å². The molecule has 1 aliphatic heterocycles. The number of carbonyl (C=O) groups excluding carboxylic acids is 1. The smallest absolute Gasteiger partial charge is 0.259 e. The minimum Gasteiger partial charge on any atom is -0.338 e. The van der Waals surface area contributed by atoms with Crippen molar-refractivity contribution in [2.75, 3.05) is 18.8 Å². The molecule has 1 aromatic rings. The third-order valence-corrected chi connectivity index (χ3v) is 5.18. The zero-order valence-corrected chi connectivity index (χ0v) is 13.8. The van der Waals surface area contributed by atoms with E-state index in [-0.39, 0.29) is 9.22 Å². The van der Waals surface area contributed by atoms with Gasteiger partial charge in [-0.2, -0.15) is 11.8 Å². The van der Waals surface area contributed by atoms with Gasteiger partial charge >= 0.3 is 0 Å². The Morgan fingerprint density at radius 1 is 1.30 bits per heavy atom. The summed E-state index contributed by atoms with van der Waals surface area (Å²) in [4.78, 5) is 13.9. The summed E-state index contributed by atoms with van der Waals surface area (Å²) in [7, 11) is 0. The summed E-state index contributed by atoms with van der Waals surface area (Å²) in [6.45, 7) is 5.27. The highest BCUT2D eigenvalue weighted by atomic mass is 79.9. The monoisotopic (exact) mass is 363 g/mol. The van der Waals surface area contributed by atoms with Crippen LogP contribution in [0.4, 0.5) is 8.78 Å². The first kappa shape index (κ1) is 15.8. The molecule has 0 bridgehead atoms. The molecule has 0 aliphatic carbocycles. The van der Waals surface area contributed by atoms with Crippen molar-refractivity contribution < 1.29 is 13.6 Å². The summed E-state index contributed by atoms with van der Waals surface area (Å²) in [6, 6.07) is 2.24. The standard InChI is InChI=1S/C14H16BrF2NOS/c1-14(2)3-4-18(5-6-20-14)13(19)12-10(16)7-9(15)8-11(12)17/h7-8H,3-6H2,1-2H3. The molecule has 110 valence electrons. The van der Waals surface area contributed by atoms with Crippen LogP contribution in [0.5, 0.6) is 0 Å². The van der Waals surface area contributed by atoms with E-state index in [0.717, 1.165) is 24.3 Å². The maximum absolute atomic E-state index is 13.8. The fourth-order valence-electron chi connectivity index (χ4n) is 2.13. The molecule has 6 heteroatoms. The highest BCUT2D eigenvalue weighted by molar-refractivity contribution is 9.10. The van der Waals surface area contributed by atoms with E-state index >= 15 is 0 Å². The van der Waals surface area contributed by atoms with Crippen molar-refractivity contribution in [3.05, 3.63) is 33.8 Å². The van der Waals surface area contributed by atoms with Crippen molar-refractivity contribution in [2.24, 2.45) is 0 Å². The molecule has 0 saturated carbocycles. The number of benzene rings is 1. The highest BCUT2D eigenvalue weighted by Crippen LogP contribution is 2.31. The summed E-state index contributed by atoms with van der Waals surface area (Å²) >= 11 is 4.79. The lowest BCUT2D eigenvalue weighted by atomic mass is 10.1. The number of amides is 1. The molecule has 1 aromatic carbocycles. The molecular weight excluding hydrogens is 348 g/mol. The molecule has 1 heterocycles. The molecule has 1 aliphatic rings. The lowest BCUT2D eigenvalue weighted by Gasteiger charge is -2.23. The number of carbonyl (C=O) groups is 1. The molecule has 1 fully saturated rings. The maximum Gasteiger partial charge on any atom is 0.259 e. The second-order valence-electron chi connectivity index (χ2n) is 5.39. The van der Waals surface area contributed by atoms with Gasteiger partial charge < -0.3 is 4.90 Å². The quantitative estimate of drug-likeness (QED) is 0.748. The van der Waals surface area contributed by atoms with Crippen molar-refractivity contribution in [2.45, 2.75) is 25.0 Å². The molecule has 0 radical (unpaired) electrons. The predicted octanol–water partition coefficient (Wildman–Crippen LogP) is 4.09. The van der Waals surface area contributed by atoms with Gasteiger partial charge in [0.05, 0.1) is 0 Å². The Morgan fingerprint density at radius 2 is 1.90 bits per heavy atom. The van der Waals surface area contributed by atoms with Crippen LogP contribution >= 0.6 is 27.7 Å². The summed E-state index contributed by atoms with van der Waals surface area (Å²) < 4.78 is 28.1. The molecule has 0 unspecified atom stereocenters. The van der Waals surface area contributed by atoms with Crippen LogP contribution in [-0.4, -0.2) is 34.4 Å². The van der Waals surface area contributed by atoms with Crippen LogP contribution in [0.1, 0.15) is 30.6 Å². The summed E-state index contributed by atoms with van der Waals surface area (Å²) in [5.74, 6) is -1.43. The van der Waals surface area contributed by atoms with Crippen molar-refractivity contribution in [1.82, 2.24) is 4.90 Å². The van der Waals surface area contributed by atoms with Crippen LogP contribution in [-0.2, 0) is 0 Å². The van der Waals surface area contributed by atoms with Crippen LogP contribution in [0.2, 0.25) is 0 Å². The zero-order chi connectivity index (χ0) is 14.9. The summed E-state index contributed by atoms with van der Waals surface area (Å²) in [6.07, 6.45) is 0.809. The van der Waals surface area contributed by atoms with E-state index in [1.807, 2.05) is 0 Å². The Kier molecular flexibility index (Phi) is 4.74. The second-order valence-corrected chi connectivity index (χ2v) is 8.11. The van der Waals surface area contributed by atoms with Crippen LogP contribution in [0.15, 0.2) is 16.6 Å². The van der Waals surface area contributed by atoms with Gasteiger partial charge in [0.25, 0.3) is 5.91 Å². The van der Waals surface area contributed by atoms with Gasteiger partial charge in [0.2, 0.25) is 0 Å². The van der Waals surface area contributed by atoms with Gasteiger partial charge in [-0.05, 0) is 18.6 Å². The molecule has 20 heavy (non-hydrogen) atoms. The van der Waals surface area contributed by atoms with Crippen molar-refractivity contribution in [1.29, 1.82) is 0 Å². The van der Waals surface area contributed by atoms with Crippen LogP contribution in [0.3, 0.4) is 0 Å². The predicted molar refractivity (Wildman–Crippen MR) is 81.1 cm³/mol. The second kappa shape index (κ2) is 6.02. The minimum atomic E-state index is -0.821. The first-order valence-corrected chi connectivity index (χ1v) is 8.16. The maximum atomic E-state index is 13.8. The number of hydrogen-bond acceptors (Lipinski definition) is 2. The van der Waals surface area contributed by atoms with Gasteiger partial charge in [0.15, 0.2) is 0 Å². The van der Waals surface area contributed by atoms with E-state index in [0.29, 0.717) is 13.1 Å². The van der Waals surface area contributed by atoms with E-state index in [4.69, 9.17) is 0 Å². The summed E-state index contributed by atoms with van der Waals surface area (Å²) in [5.41, 5.74) is -0.460. The van der Waals surface area contributed by atoms with E-state index in [2.05, 4.69) is 29.8 Å². The van der Waals surface area contributed by atoms with Gasteiger partial charge in [-0.25, -0.2) is 8.78 Å². The van der Waals surface area contributed by atoms with Crippen LogP contribution < -0.4 is 0 Å². The molecule has 2 rings (SSSR count). The van der Waals surface area contributed by atoms with Crippen LogP contribution in [0.25, 0.3) is 0 Å². The summed E-state index contributed by atoms with van der Waals surface area (Å²) in [5, 5.41) is 0. The van der Waals surface area contributed by atoms with Gasteiger partial charge in [0.1, 0.15) is 17.2 Å². The third-order valence-electron chi connectivity index (χ3n) is 3.35. The normalized spacial score (nSPS) is 18.8. The third kappa shape index (κ3) is 3.52. The Hall–Kier alpha value is -0.620. The first-order valence-electron chi connectivity index (χ1n) is 6.38. The Balaban J connectivity index is 2.24. The number of thioether (sulfide) groups is 1. The van der Waals surface area contributed by atoms with Crippen molar-refractivity contribution >= 4 is 33.6 Å². The highest BCUT2D eigenvalue weighted by Gasteiger charge is 2.29. The molecule has 0 aromatic heterocycles. The number of hydrogen-bond donors (Lipinski definition) is 0. The van der Waals surface area contributed by atoms with E-state index in [9.17, 15) is 13.6 Å². The van der Waals surface area contributed by atoms with Crippen molar-refractivity contribution in [3.8, 4) is 0 Å². The van der Waals surface area contributed by atoms with E-state index < -0.39 is 23.1 Å². The molecule has 0 atom stereocenters. The Labute approximate surface area is 130 Å². The fourth-order valence-corrected chi connectivity index (χ4v) is 3.63. The number of halogens is 3. The van der Waals surface area contributed by atoms with E-state index in [1.54, 1.807) is 11.8 Å². The minimum absolute atomic E-state index is 0.0891. The molecular formula is C14H16BrF2NOS. The lowest BCUT2D eigenvalue weighted by Crippen LogP contribution is -2.34. The topological polar surface area (TPSA) is 20.3 Å². The largest absolute Gasteiger partial charge is 0.338 e. The average Bonchev–Trinajstić information content (AvgIpc) is 2.48. The molecule has 2 nitrogen and oxygen atoms in total. The Bertz CT molecular complexity index is 513. The van der Waals surface area contributed by atoms with Gasteiger partial charge in [-0.1, -0.05) is 29.8 Å². The van der Waals surface area contributed by atoms with Gasteiger partial charge in [0, 0.05) is 28.1 Å². The molecule has 0 spiro atoms. The van der Waals surface area contributed by atoms with Crippen molar-refractivity contribution in [3.63, 3.8) is 0 Å². The number of nitrogens with zero attached hydrogens (tertiary/aromatic N) is 1. The fraction of sp³-hybridized carbons (Fsp3) is 0.500. The molecule has 0 N–H and O–H groups in total. The molecule has 1 amide bonds. The van der Waals surface area contributed by atoms with Gasteiger partial charge in [-0.15, -0.1) is 0 Å². The molecule has 1 saturated heterocycles.